The van der Waals surface area contributed by atoms with E-state index >= 15 is 0 Å². The fourth-order valence-corrected chi connectivity index (χ4v) is 2.23. The second kappa shape index (κ2) is 6.07. The average Bonchev–Trinajstić information content (AvgIpc) is 2.90. The van der Waals surface area contributed by atoms with E-state index < -0.39 is 0 Å². The molecule has 22 heavy (non-hydrogen) atoms. The van der Waals surface area contributed by atoms with Gasteiger partial charge in [0.15, 0.2) is 5.58 Å². The van der Waals surface area contributed by atoms with Crippen molar-refractivity contribution in [2.24, 2.45) is 0 Å². The zero-order valence-electron chi connectivity index (χ0n) is 11.9. The number of fused-ring (bicyclic) bond motifs is 1. The summed E-state index contributed by atoms with van der Waals surface area (Å²) in [6.07, 6.45) is 0. The zero-order valence-corrected chi connectivity index (χ0v) is 12.6. The molecule has 3 aromatic rings. The van der Waals surface area contributed by atoms with Crippen LogP contribution in [-0.4, -0.2) is 11.2 Å². The molecular formula is C16H14ClN3O2. The van der Waals surface area contributed by atoms with Crippen LogP contribution in [0.25, 0.3) is 11.0 Å². The monoisotopic (exact) mass is 315 g/mol. The third-order valence-electron chi connectivity index (χ3n) is 3.22. The molecule has 0 radical (unpaired) electrons. The SMILES string of the molecule is Cc1ccc2onc(CNC(=O)Nc3ccc(Cl)cc3)c2c1. The van der Waals surface area contributed by atoms with Crippen LogP contribution in [0.3, 0.4) is 0 Å². The van der Waals surface area contributed by atoms with Crippen LogP contribution in [0.5, 0.6) is 0 Å². The lowest BCUT2D eigenvalue weighted by atomic mass is 10.1. The molecular weight excluding hydrogens is 302 g/mol. The molecule has 2 N–H and O–H groups in total. The number of hydrogen-bond donors (Lipinski definition) is 2. The highest BCUT2D eigenvalue weighted by Gasteiger charge is 2.09. The van der Waals surface area contributed by atoms with Crippen molar-refractivity contribution in [3.8, 4) is 0 Å². The van der Waals surface area contributed by atoms with Crippen molar-refractivity contribution < 1.29 is 9.32 Å². The lowest BCUT2D eigenvalue weighted by Gasteiger charge is -2.06. The van der Waals surface area contributed by atoms with Crippen LogP contribution in [-0.2, 0) is 6.54 Å². The standard InChI is InChI=1S/C16H14ClN3O2/c1-10-2-7-15-13(8-10)14(20-22-15)9-18-16(21)19-12-5-3-11(17)4-6-12/h2-8H,9H2,1H3,(H2,18,19,21). The first-order valence-corrected chi connectivity index (χ1v) is 7.15. The number of halogens is 1. The van der Waals surface area contributed by atoms with Crippen molar-refractivity contribution in [1.82, 2.24) is 10.5 Å². The molecule has 0 aliphatic carbocycles. The van der Waals surface area contributed by atoms with E-state index in [2.05, 4.69) is 15.8 Å². The Hall–Kier alpha value is -2.53. The maximum atomic E-state index is 11.9. The molecule has 0 saturated heterocycles. The number of anilines is 1. The minimum absolute atomic E-state index is 0.288. The largest absolute Gasteiger partial charge is 0.356 e. The molecule has 0 aliphatic rings. The molecule has 0 bridgehead atoms. The Morgan fingerprint density at radius 1 is 1.23 bits per heavy atom. The van der Waals surface area contributed by atoms with Crippen LogP contribution in [0.15, 0.2) is 47.0 Å². The highest BCUT2D eigenvalue weighted by molar-refractivity contribution is 6.30. The maximum Gasteiger partial charge on any atom is 0.319 e. The molecule has 0 saturated carbocycles. The Bertz CT molecular complexity index is 812. The Labute approximate surface area is 132 Å². The minimum Gasteiger partial charge on any atom is -0.356 e. The number of nitrogens with one attached hydrogen (secondary N) is 2. The second-order valence-electron chi connectivity index (χ2n) is 4.94. The number of hydrogen-bond acceptors (Lipinski definition) is 3. The summed E-state index contributed by atoms with van der Waals surface area (Å²) in [6.45, 7) is 2.28. The normalized spacial score (nSPS) is 10.6. The van der Waals surface area contributed by atoms with E-state index in [4.69, 9.17) is 16.1 Å². The van der Waals surface area contributed by atoms with Crippen LogP contribution >= 0.6 is 11.6 Å². The molecule has 0 fully saturated rings. The molecule has 3 rings (SSSR count). The molecule has 0 spiro atoms. The van der Waals surface area contributed by atoms with Crippen LogP contribution < -0.4 is 10.6 Å². The highest BCUT2D eigenvalue weighted by Crippen LogP contribution is 2.19. The van der Waals surface area contributed by atoms with Crippen molar-refractivity contribution in [2.45, 2.75) is 13.5 Å². The van der Waals surface area contributed by atoms with Gasteiger partial charge in [-0.05, 0) is 43.3 Å². The van der Waals surface area contributed by atoms with Crippen LogP contribution in [0.4, 0.5) is 10.5 Å². The topological polar surface area (TPSA) is 67.2 Å². The summed E-state index contributed by atoms with van der Waals surface area (Å²) in [5.41, 5.74) is 3.19. The van der Waals surface area contributed by atoms with E-state index in [1.165, 1.54) is 0 Å². The number of aryl methyl sites for hydroxylation is 1. The Kier molecular flexibility index (Phi) is 3.98. The van der Waals surface area contributed by atoms with Crippen molar-refractivity contribution >= 4 is 34.3 Å². The lowest BCUT2D eigenvalue weighted by Crippen LogP contribution is -2.28. The summed E-state index contributed by atoms with van der Waals surface area (Å²) in [6, 6.07) is 12.4. The van der Waals surface area contributed by atoms with Gasteiger partial charge >= 0.3 is 6.03 Å². The van der Waals surface area contributed by atoms with Crippen molar-refractivity contribution in [3.63, 3.8) is 0 Å². The van der Waals surface area contributed by atoms with Gasteiger partial charge in [-0.25, -0.2) is 4.79 Å². The quantitative estimate of drug-likeness (QED) is 0.764. The first-order valence-electron chi connectivity index (χ1n) is 6.77. The van der Waals surface area contributed by atoms with Gasteiger partial charge in [-0.15, -0.1) is 0 Å². The fraction of sp³-hybridized carbons (Fsp3) is 0.125. The van der Waals surface area contributed by atoms with E-state index in [9.17, 15) is 4.79 Å². The summed E-state index contributed by atoms with van der Waals surface area (Å²) in [5, 5.41) is 11.0. The second-order valence-corrected chi connectivity index (χ2v) is 5.38. The van der Waals surface area contributed by atoms with Gasteiger partial charge in [0.25, 0.3) is 0 Å². The number of carbonyl (C=O) groups excluding carboxylic acids is 1. The number of amides is 2. The molecule has 1 heterocycles. The minimum atomic E-state index is -0.314. The van der Waals surface area contributed by atoms with Gasteiger partial charge in [0.1, 0.15) is 5.69 Å². The summed E-state index contributed by atoms with van der Waals surface area (Å²) in [4.78, 5) is 11.9. The number of urea groups is 1. The van der Waals surface area contributed by atoms with Crippen LogP contribution in [0, 0.1) is 6.92 Å². The fourth-order valence-electron chi connectivity index (χ4n) is 2.10. The van der Waals surface area contributed by atoms with Gasteiger partial charge in [0, 0.05) is 16.1 Å². The Morgan fingerprint density at radius 2 is 2.00 bits per heavy atom. The number of benzene rings is 2. The number of rotatable bonds is 3. The number of carbonyl (C=O) groups is 1. The third kappa shape index (κ3) is 3.20. The van der Waals surface area contributed by atoms with E-state index in [1.807, 2.05) is 25.1 Å². The van der Waals surface area contributed by atoms with Crippen molar-refractivity contribution in [3.05, 3.63) is 58.7 Å². The Balaban J connectivity index is 1.64. The average molecular weight is 316 g/mol. The molecule has 1 aromatic heterocycles. The number of aromatic nitrogens is 1. The van der Waals surface area contributed by atoms with Gasteiger partial charge in [-0.1, -0.05) is 28.4 Å². The third-order valence-corrected chi connectivity index (χ3v) is 3.47. The predicted octanol–water partition coefficient (Wildman–Crippen LogP) is 4.11. The Morgan fingerprint density at radius 3 is 2.77 bits per heavy atom. The molecule has 0 aliphatic heterocycles. The lowest BCUT2D eigenvalue weighted by molar-refractivity contribution is 0.251. The van der Waals surface area contributed by atoms with Gasteiger partial charge < -0.3 is 15.2 Å². The molecule has 2 amide bonds. The van der Waals surface area contributed by atoms with Gasteiger partial charge in [-0.2, -0.15) is 0 Å². The van der Waals surface area contributed by atoms with E-state index in [0.29, 0.717) is 22.0 Å². The van der Waals surface area contributed by atoms with Crippen molar-refractivity contribution in [2.75, 3.05) is 5.32 Å². The summed E-state index contributed by atoms with van der Waals surface area (Å²) < 4.78 is 5.23. The molecule has 5 nitrogen and oxygen atoms in total. The maximum absolute atomic E-state index is 11.9. The van der Waals surface area contributed by atoms with Gasteiger partial charge in [0.05, 0.1) is 6.54 Å². The molecule has 0 unspecified atom stereocenters. The van der Waals surface area contributed by atoms with E-state index in [1.54, 1.807) is 24.3 Å². The van der Waals surface area contributed by atoms with Crippen LogP contribution in [0.2, 0.25) is 5.02 Å². The van der Waals surface area contributed by atoms with Crippen LogP contribution in [0.1, 0.15) is 11.3 Å². The van der Waals surface area contributed by atoms with Crippen molar-refractivity contribution in [1.29, 1.82) is 0 Å². The summed E-state index contributed by atoms with van der Waals surface area (Å²) in [7, 11) is 0. The smallest absolute Gasteiger partial charge is 0.319 e. The van der Waals surface area contributed by atoms with Gasteiger partial charge in [0.2, 0.25) is 0 Å². The molecule has 2 aromatic carbocycles. The first kappa shape index (κ1) is 14.4. The van der Waals surface area contributed by atoms with E-state index in [0.717, 1.165) is 10.9 Å². The predicted molar refractivity (Wildman–Crippen MR) is 86.1 cm³/mol. The molecule has 112 valence electrons. The summed E-state index contributed by atoms with van der Waals surface area (Å²) >= 11 is 5.80. The van der Waals surface area contributed by atoms with Gasteiger partial charge in [-0.3, -0.25) is 0 Å². The zero-order chi connectivity index (χ0) is 15.5. The van der Waals surface area contributed by atoms with E-state index in [-0.39, 0.29) is 12.6 Å². The summed E-state index contributed by atoms with van der Waals surface area (Å²) in [5.74, 6) is 0. The first-order chi connectivity index (χ1) is 10.6. The molecule has 6 heteroatoms. The number of nitrogens with zero attached hydrogens (tertiary/aromatic N) is 1. The highest BCUT2D eigenvalue weighted by atomic mass is 35.5. The molecule has 0 atom stereocenters.